The van der Waals surface area contributed by atoms with Gasteiger partial charge in [-0.1, -0.05) is 25.5 Å². The molecule has 1 heterocycles. The van der Waals surface area contributed by atoms with Gasteiger partial charge in [-0.15, -0.1) is 0 Å². The van der Waals surface area contributed by atoms with E-state index >= 15 is 0 Å². The van der Waals surface area contributed by atoms with Crippen molar-refractivity contribution in [1.82, 2.24) is 9.62 Å². The molecule has 3 rings (SSSR count). The number of aryl methyl sites for hydroxylation is 2. The average Bonchev–Trinajstić information content (AvgIpc) is 2.84. The molecule has 0 radical (unpaired) electrons. The number of methoxy groups -OCH3 is 1. The first-order valence-corrected chi connectivity index (χ1v) is 13.3. The van der Waals surface area contributed by atoms with Crippen LogP contribution in [0.5, 0.6) is 11.5 Å². The third-order valence-electron chi connectivity index (χ3n) is 6.39. The summed E-state index contributed by atoms with van der Waals surface area (Å²) in [5.41, 5.74) is 2.93. The van der Waals surface area contributed by atoms with Gasteiger partial charge in [0.2, 0.25) is 15.9 Å². The van der Waals surface area contributed by atoms with Crippen LogP contribution in [0.1, 0.15) is 49.3 Å². The van der Waals surface area contributed by atoms with E-state index in [2.05, 4.69) is 12.2 Å². The maximum absolute atomic E-state index is 13.0. The highest BCUT2D eigenvalue weighted by molar-refractivity contribution is 7.89. The van der Waals surface area contributed by atoms with Crippen molar-refractivity contribution < 1.29 is 22.7 Å². The predicted molar refractivity (Wildman–Crippen MR) is 133 cm³/mol. The zero-order valence-electron chi connectivity index (χ0n) is 20.6. The summed E-state index contributed by atoms with van der Waals surface area (Å²) in [5, 5.41) is 2.99. The van der Waals surface area contributed by atoms with Crippen LogP contribution >= 0.6 is 0 Å². The quantitative estimate of drug-likeness (QED) is 0.507. The molecular weight excluding hydrogens is 452 g/mol. The van der Waals surface area contributed by atoms with E-state index in [0.29, 0.717) is 55.5 Å². The van der Waals surface area contributed by atoms with Gasteiger partial charge < -0.3 is 14.8 Å². The normalized spacial score (nSPS) is 15.2. The van der Waals surface area contributed by atoms with Gasteiger partial charge in [-0.05, 0) is 74.1 Å². The van der Waals surface area contributed by atoms with Crippen molar-refractivity contribution in [3.8, 4) is 11.5 Å². The fourth-order valence-corrected chi connectivity index (χ4v) is 5.54. The third kappa shape index (κ3) is 6.30. The molecule has 1 saturated heterocycles. The molecule has 1 aliphatic rings. The minimum absolute atomic E-state index is 0.0505. The van der Waals surface area contributed by atoms with Crippen LogP contribution in [-0.4, -0.2) is 45.4 Å². The molecule has 1 fully saturated rings. The van der Waals surface area contributed by atoms with Gasteiger partial charge in [0.05, 0.1) is 18.6 Å². The molecule has 0 aliphatic carbocycles. The Morgan fingerprint density at radius 1 is 1.06 bits per heavy atom. The van der Waals surface area contributed by atoms with Gasteiger partial charge in [-0.3, -0.25) is 4.79 Å². The maximum atomic E-state index is 13.0. The van der Waals surface area contributed by atoms with Crippen LogP contribution in [0, 0.1) is 19.8 Å². The summed E-state index contributed by atoms with van der Waals surface area (Å²) in [6.07, 6.45) is 3.04. The van der Waals surface area contributed by atoms with Gasteiger partial charge in [-0.25, -0.2) is 8.42 Å². The molecule has 0 spiro atoms. The molecule has 186 valence electrons. The second-order valence-corrected chi connectivity index (χ2v) is 10.8. The fourth-order valence-electron chi connectivity index (χ4n) is 3.98. The number of ether oxygens (including phenoxy) is 2. The smallest absolute Gasteiger partial charge is 0.243 e. The average molecular weight is 489 g/mol. The lowest BCUT2D eigenvalue weighted by Gasteiger charge is -2.30. The number of rotatable bonds is 10. The van der Waals surface area contributed by atoms with Crippen LogP contribution in [0.3, 0.4) is 0 Å². The summed E-state index contributed by atoms with van der Waals surface area (Å²) in [4.78, 5) is 13.1. The van der Waals surface area contributed by atoms with Crippen molar-refractivity contribution in [3.05, 3.63) is 53.1 Å². The van der Waals surface area contributed by atoms with Crippen LogP contribution in [0.4, 0.5) is 0 Å². The number of amides is 1. The molecule has 0 unspecified atom stereocenters. The summed E-state index contributed by atoms with van der Waals surface area (Å²) in [5.74, 6) is 1.09. The predicted octanol–water partition coefficient (Wildman–Crippen LogP) is 4.21. The number of unbranched alkanes of at least 4 members (excludes halogenated alkanes) is 1. The zero-order chi connectivity index (χ0) is 24.7. The van der Waals surface area contributed by atoms with Crippen molar-refractivity contribution in [2.24, 2.45) is 5.92 Å². The lowest BCUT2D eigenvalue weighted by atomic mass is 9.97. The maximum Gasteiger partial charge on any atom is 0.243 e. The Bertz CT molecular complexity index is 1090. The Balaban J connectivity index is 1.53. The minimum atomic E-state index is -3.55. The molecule has 8 heteroatoms. The lowest BCUT2D eigenvalue weighted by Crippen LogP contribution is -2.42. The monoisotopic (exact) mass is 488 g/mol. The van der Waals surface area contributed by atoms with Crippen LogP contribution in [0.2, 0.25) is 0 Å². The molecular formula is C26H36N2O5S. The molecule has 0 bridgehead atoms. The van der Waals surface area contributed by atoms with E-state index in [1.54, 1.807) is 19.2 Å². The van der Waals surface area contributed by atoms with Crippen LogP contribution in [0.15, 0.2) is 41.3 Å². The highest BCUT2D eigenvalue weighted by Crippen LogP contribution is 2.29. The summed E-state index contributed by atoms with van der Waals surface area (Å²) >= 11 is 0. The summed E-state index contributed by atoms with van der Waals surface area (Å²) < 4.78 is 38.7. The molecule has 1 aliphatic heterocycles. The van der Waals surface area contributed by atoms with Crippen molar-refractivity contribution >= 4 is 15.9 Å². The van der Waals surface area contributed by atoms with E-state index in [-0.39, 0.29) is 11.8 Å². The number of carbonyl (C=O) groups excluding carboxylic acids is 1. The first kappa shape index (κ1) is 26.0. The van der Waals surface area contributed by atoms with Gasteiger partial charge in [-0.2, -0.15) is 4.31 Å². The van der Waals surface area contributed by atoms with Crippen LogP contribution in [0.25, 0.3) is 0 Å². The highest BCUT2D eigenvalue weighted by Gasteiger charge is 2.32. The molecule has 1 N–H and O–H groups in total. The van der Waals surface area contributed by atoms with Gasteiger partial charge >= 0.3 is 0 Å². The number of nitrogens with zero attached hydrogens (tertiary/aromatic N) is 1. The summed E-state index contributed by atoms with van der Waals surface area (Å²) in [6, 6.07) is 10.9. The number of nitrogens with one attached hydrogen (secondary N) is 1. The summed E-state index contributed by atoms with van der Waals surface area (Å²) in [7, 11) is -1.95. The van der Waals surface area contributed by atoms with Crippen molar-refractivity contribution in [3.63, 3.8) is 0 Å². The van der Waals surface area contributed by atoms with Crippen molar-refractivity contribution in [2.45, 2.75) is 57.9 Å². The number of hydrogen-bond donors (Lipinski definition) is 1. The Hall–Kier alpha value is -2.58. The molecule has 7 nitrogen and oxygen atoms in total. The molecule has 2 aromatic rings. The van der Waals surface area contributed by atoms with E-state index < -0.39 is 10.0 Å². The first-order chi connectivity index (χ1) is 16.3. The SMILES string of the molecule is CCCCOc1ccc(CNC(=O)C2CCN(S(=O)(=O)c3ccc(C)c(C)c3)CC2)cc1OC. The van der Waals surface area contributed by atoms with E-state index in [4.69, 9.17) is 9.47 Å². The van der Waals surface area contributed by atoms with Gasteiger partial charge in [0.1, 0.15) is 0 Å². The standard InChI is InChI=1S/C26H36N2O5S/c1-5-6-15-33-24-10-8-21(17-25(24)32-4)18-27-26(29)22-11-13-28(14-12-22)34(30,31)23-9-7-19(2)20(3)16-23/h7-10,16-17,22H,5-6,11-15,18H2,1-4H3,(H,27,29). The number of hydrogen-bond acceptors (Lipinski definition) is 5. The van der Waals surface area contributed by atoms with E-state index in [1.165, 1.54) is 4.31 Å². The Morgan fingerprint density at radius 3 is 2.44 bits per heavy atom. The van der Waals surface area contributed by atoms with Crippen molar-refractivity contribution in [1.29, 1.82) is 0 Å². The largest absolute Gasteiger partial charge is 0.493 e. The van der Waals surface area contributed by atoms with Gasteiger partial charge in [0.25, 0.3) is 0 Å². The molecule has 1 amide bonds. The van der Waals surface area contributed by atoms with Crippen LogP contribution in [-0.2, 0) is 21.4 Å². The number of piperidine rings is 1. The Morgan fingerprint density at radius 2 is 1.79 bits per heavy atom. The lowest BCUT2D eigenvalue weighted by molar-refractivity contribution is -0.126. The summed E-state index contributed by atoms with van der Waals surface area (Å²) in [6.45, 7) is 7.68. The molecule has 2 aromatic carbocycles. The van der Waals surface area contributed by atoms with Gasteiger partial charge in [0, 0.05) is 25.6 Å². The second kappa shape index (κ2) is 11.7. The Kier molecular flexibility index (Phi) is 8.97. The van der Waals surface area contributed by atoms with E-state index in [9.17, 15) is 13.2 Å². The molecule has 0 saturated carbocycles. The zero-order valence-corrected chi connectivity index (χ0v) is 21.4. The number of benzene rings is 2. The molecule has 0 aromatic heterocycles. The number of sulfonamides is 1. The second-order valence-electron chi connectivity index (χ2n) is 8.83. The van der Waals surface area contributed by atoms with Crippen LogP contribution < -0.4 is 14.8 Å². The number of carbonyl (C=O) groups is 1. The first-order valence-electron chi connectivity index (χ1n) is 11.9. The third-order valence-corrected chi connectivity index (χ3v) is 8.29. The van der Waals surface area contributed by atoms with Gasteiger partial charge in [0.15, 0.2) is 11.5 Å². The molecule has 34 heavy (non-hydrogen) atoms. The fraction of sp³-hybridized carbons (Fsp3) is 0.500. The molecule has 0 atom stereocenters. The Labute approximate surface area is 203 Å². The topological polar surface area (TPSA) is 84.9 Å². The van der Waals surface area contributed by atoms with E-state index in [1.807, 2.05) is 38.1 Å². The highest BCUT2D eigenvalue weighted by atomic mass is 32.2. The van der Waals surface area contributed by atoms with Crippen molar-refractivity contribution in [2.75, 3.05) is 26.8 Å². The minimum Gasteiger partial charge on any atom is -0.493 e. The van der Waals surface area contributed by atoms with E-state index in [0.717, 1.165) is 29.5 Å².